The van der Waals surface area contributed by atoms with Crippen molar-refractivity contribution in [3.63, 3.8) is 0 Å². The summed E-state index contributed by atoms with van der Waals surface area (Å²) in [5.74, 6) is 2.72. The molecule has 0 spiro atoms. The van der Waals surface area contributed by atoms with Crippen molar-refractivity contribution in [1.29, 1.82) is 0 Å². The van der Waals surface area contributed by atoms with Gasteiger partial charge in [0.2, 0.25) is 0 Å². The largest absolute Gasteiger partial charge is 0.310 e. The first-order valence-electron chi connectivity index (χ1n) is 29.2. The van der Waals surface area contributed by atoms with Crippen LogP contribution in [0.3, 0.4) is 0 Å². The fourth-order valence-corrected chi connectivity index (χ4v) is 15.6. The predicted molar refractivity (Wildman–Crippen MR) is 337 cm³/mol. The number of anilines is 6. The Labute approximate surface area is 472 Å². The molecule has 0 aromatic heterocycles. The fraction of sp³-hybridized carbons (Fsp3) is 0.179. The lowest BCUT2D eigenvalue weighted by Crippen LogP contribution is -2.48. The zero-order valence-electron chi connectivity index (χ0n) is 46.1. The maximum Gasteiger partial charge on any atom is 0.0490 e. The molecule has 0 aliphatic heterocycles. The first-order chi connectivity index (χ1) is 39.2. The van der Waals surface area contributed by atoms with Gasteiger partial charge in [-0.05, 0) is 224 Å². The molecule has 2 heteroatoms. The zero-order valence-corrected chi connectivity index (χ0v) is 46.1. The molecule has 388 valence electrons. The van der Waals surface area contributed by atoms with Crippen molar-refractivity contribution in [2.24, 2.45) is 17.8 Å². The molecule has 0 radical (unpaired) electrons. The molecule has 0 heterocycles. The lowest BCUT2D eigenvalue weighted by molar-refractivity contribution is -0.00520. The van der Waals surface area contributed by atoms with Crippen molar-refractivity contribution < 1.29 is 0 Å². The van der Waals surface area contributed by atoms with Crippen LogP contribution in [0.4, 0.5) is 34.1 Å². The van der Waals surface area contributed by atoms with Crippen molar-refractivity contribution in [3.8, 4) is 55.6 Å². The van der Waals surface area contributed by atoms with E-state index in [9.17, 15) is 0 Å². The van der Waals surface area contributed by atoms with Crippen molar-refractivity contribution in [2.75, 3.05) is 9.80 Å². The van der Waals surface area contributed by atoms with Gasteiger partial charge in [-0.2, -0.15) is 0 Å². The number of rotatable bonds is 11. The second-order valence-corrected chi connectivity index (χ2v) is 24.4. The van der Waals surface area contributed by atoms with Crippen LogP contribution in [0, 0.1) is 24.7 Å². The van der Waals surface area contributed by atoms with E-state index in [1.165, 1.54) is 133 Å². The highest BCUT2D eigenvalue weighted by atomic mass is 15.1. The van der Waals surface area contributed by atoms with Crippen LogP contribution in [0.5, 0.6) is 0 Å². The number of benzene rings is 11. The summed E-state index contributed by atoms with van der Waals surface area (Å²) in [6, 6.07) is 95.2. The van der Waals surface area contributed by atoms with Gasteiger partial charge in [-0.15, -0.1) is 0 Å². The predicted octanol–water partition coefficient (Wildman–Crippen LogP) is 21.5. The first-order valence-corrected chi connectivity index (χ1v) is 29.2. The molecule has 4 fully saturated rings. The molecule has 2 nitrogen and oxygen atoms in total. The molecule has 0 unspecified atom stereocenters. The third-order valence-corrected chi connectivity index (χ3v) is 19.2. The Morgan fingerprint density at radius 3 is 1.26 bits per heavy atom. The van der Waals surface area contributed by atoms with Gasteiger partial charge in [0.15, 0.2) is 0 Å². The summed E-state index contributed by atoms with van der Waals surface area (Å²) in [4.78, 5) is 4.97. The van der Waals surface area contributed by atoms with Gasteiger partial charge >= 0.3 is 0 Å². The highest BCUT2D eigenvalue weighted by molar-refractivity contribution is 5.97. The highest BCUT2D eigenvalue weighted by Gasteiger charge is 2.51. The van der Waals surface area contributed by atoms with Gasteiger partial charge in [-0.25, -0.2) is 0 Å². The Morgan fingerprint density at radius 2 is 0.750 bits per heavy atom. The van der Waals surface area contributed by atoms with Crippen molar-refractivity contribution in [2.45, 2.75) is 70.1 Å². The minimum Gasteiger partial charge on any atom is -0.310 e. The van der Waals surface area contributed by atoms with E-state index >= 15 is 0 Å². The van der Waals surface area contributed by atoms with Gasteiger partial charge in [0.1, 0.15) is 0 Å². The summed E-state index contributed by atoms with van der Waals surface area (Å²) in [5.41, 5.74) is 25.0. The van der Waals surface area contributed by atoms with Crippen LogP contribution in [-0.2, 0) is 10.8 Å². The summed E-state index contributed by atoms with van der Waals surface area (Å²) >= 11 is 0. The van der Waals surface area contributed by atoms with E-state index in [1.54, 1.807) is 5.56 Å². The Balaban J connectivity index is 0.801. The molecule has 0 atom stereocenters. The third kappa shape index (κ3) is 8.38. The number of fused-ring (bicyclic) bond motifs is 4. The van der Waals surface area contributed by atoms with Crippen LogP contribution in [0.25, 0.3) is 66.4 Å². The van der Waals surface area contributed by atoms with Gasteiger partial charge in [-0.3, -0.25) is 0 Å². The zero-order chi connectivity index (χ0) is 53.5. The van der Waals surface area contributed by atoms with Gasteiger partial charge in [0, 0.05) is 39.5 Å². The van der Waals surface area contributed by atoms with Gasteiger partial charge in [0.25, 0.3) is 0 Å². The first kappa shape index (κ1) is 48.4. The van der Waals surface area contributed by atoms with Crippen molar-refractivity contribution in [3.05, 3.63) is 277 Å². The lowest BCUT2D eigenvalue weighted by atomic mass is 9.48. The number of nitrogens with zero attached hydrogens (tertiary/aromatic N) is 2. The smallest absolute Gasteiger partial charge is 0.0490 e. The molecule has 16 rings (SSSR count). The monoisotopic (exact) mass is 1030 g/mol. The van der Waals surface area contributed by atoms with Crippen molar-refractivity contribution in [1.82, 2.24) is 0 Å². The summed E-state index contributed by atoms with van der Waals surface area (Å²) in [7, 11) is 0. The topological polar surface area (TPSA) is 6.48 Å². The second-order valence-electron chi connectivity index (χ2n) is 24.4. The molecular weight excluding hydrogens is 965 g/mol. The van der Waals surface area contributed by atoms with E-state index in [-0.39, 0.29) is 5.41 Å². The minimum atomic E-state index is -0.281. The second kappa shape index (κ2) is 19.3. The van der Waals surface area contributed by atoms with E-state index in [0.717, 1.165) is 40.5 Å². The normalized spacial score (nSPS) is 19.2. The maximum absolute atomic E-state index is 2.59. The van der Waals surface area contributed by atoms with Gasteiger partial charge < -0.3 is 9.80 Å². The van der Waals surface area contributed by atoms with Crippen LogP contribution in [0.1, 0.15) is 74.6 Å². The molecule has 0 saturated heterocycles. The van der Waals surface area contributed by atoms with E-state index in [0.29, 0.717) is 5.41 Å². The van der Waals surface area contributed by atoms with Crippen LogP contribution in [0.2, 0.25) is 0 Å². The molecule has 5 aliphatic rings. The van der Waals surface area contributed by atoms with E-state index in [2.05, 4.69) is 285 Å². The molecule has 80 heavy (non-hydrogen) atoms. The molecule has 4 bridgehead atoms. The molecule has 5 aliphatic carbocycles. The van der Waals surface area contributed by atoms with Crippen molar-refractivity contribution >= 4 is 44.9 Å². The third-order valence-electron chi connectivity index (χ3n) is 19.2. The van der Waals surface area contributed by atoms with Crippen LogP contribution in [-0.4, -0.2) is 0 Å². The van der Waals surface area contributed by atoms with E-state index < -0.39 is 0 Å². The lowest BCUT2D eigenvalue weighted by Gasteiger charge is -2.57. The average molecular weight is 1030 g/mol. The standard InChI is InChI=1S/C78H66N2/c1-52-43-64(78-49-53-44-54(50-78)46-55(45-53)51-78)31-42-76(52)80(67-34-27-61(28-35-67)59-23-21-58(22-24-59)56-13-6-4-7-14-56)69-39-41-73-72-40-38-68(47-74(72)77(2,3)75(73)48-69)79(65-32-25-60(26-33-65)57-15-8-5-9-16-57)66-36-29-63(30-37-66)71-20-12-18-62-17-10-11-19-70(62)71/h4-43,47-48,53-55H,44-46,49-51H2,1-3H3. The Bertz CT molecular complexity index is 4060. The van der Waals surface area contributed by atoms with E-state index in [4.69, 9.17) is 0 Å². The highest BCUT2D eigenvalue weighted by Crippen LogP contribution is 2.61. The molecular formula is C78H66N2. The van der Waals surface area contributed by atoms with Crippen LogP contribution < -0.4 is 9.80 Å². The van der Waals surface area contributed by atoms with Gasteiger partial charge in [-0.1, -0.05) is 202 Å². The summed E-state index contributed by atoms with van der Waals surface area (Å²) in [5, 5.41) is 2.52. The summed E-state index contributed by atoms with van der Waals surface area (Å²) in [6.07, 6.45) is 8.48. The van der Waals surface area contributed by atoms with Crippen LogP contribution in [0.15, 0.2) is 255 Å². The number of hydrogen-bond acceptors (Lipinski definition) is 2. The molecule has 11 aromatic carbocycles. The van der Waals surface area contributed by atoms with Crippen LogP contribution >= 0.6 is 0 Å². The Kier molecular flexibility index (Phi) is 11.7. The molecule has 0 amide bonds. The maximum atomic E-state index is 2.59. The SMILES string of the molecule is Cc1cc(C23CC4CC(CC(C4)C2)C3)ccc1N(c1ccc(-c2ccc(-c3ccccc3)cc2)cc1)c1ccc2c(c1)C(C)(C)c1cc(N(c3ccc(-c4ccccc4)cc3)c3ccc(-c4cccc5ccccc45)cc3)ccc1-2. The van der Waals surface area contributed by atoms with E-state index in [1.807, 2.05) is 0 Å². The molecule has 0 N–H and O–H groups in total. The summed E-state index contributed by atoms with van der Waals surface area (Å²) < 4.78 is 0. The van der Waals surface area contributed by atoms with Gasteiger partial charge in [0.05, 0.1) is 0 Å². The molecule has 11 aromatic rings. The molecule has 4 saturated carbocycles. The Morgan fingerprint density at radius 1 is 0.338 bits per heavy atom. The quantitative estimate of drug-likeness (QED) is 0.127. The average Bonchev–Trinajstić information content (AvgIpc) is 3.86. The number of hydrogen-bond donors (Lipinski definition) is 0. The number of aryl methyl sites for hydroxylation is 1. The fourth-order valence-electron chi connectivity index (χ4n) is 15.6. The Hall–Kier alpha value is -8.72. The summed E-state index contributed by atoms with van der Waals surface area (Å²) in [6.45, 7) is 7.22. The minimum absolute atomic E-state index is 0.281.